The van der Waals surface area contributed by atoms with Crippen LogP contribution in [-0.4, -0.2) is 38.1 Å². The van der Waals surface area contributed by atoms with Crippen LogP contribution in [0.5, 0.6) is 0 Å². The van der Waals surface area contributed by atoms with Crippen LogP contribution in [0, 0.1) is 5.92 Å². The summed E-state index contributed by atoms with van der Waals surface area (Å²) in [6, 6.07) is 6.78. The largest absolute Gasteiger partial charge is 0.339 e. The third kappa shape index (κ3) is 5.53. The van der Waals surface area contributed by atoms with E-state index in [-0.39, 0.29) is 11.7 Å². The maximum Gasteiger partial charge on any atom is 0.255 e. The Morgan fingerprint density at radius 1 is 1.13 bits per heavy atom. The number of carbonyl (C=O) groups is 1. The molecule has 5 nitrogen and oxygen atoms in total. The average Bonchev–Trinajstić information content (AvgIpc) is 2.56. The normalized spacial score (nSPS) is 11.5. The molecule has 130 valence electrons. The van der Waals surface area contributed by atoms with E-state index in [1.165, 1.54) is 0 Å². The summed E-state index contributed by atoms with van der Waals surface area (Å²) >= 11 is 0. The highest BCUT2D eigenvalue weighted by Crippen LogP contribution is 2.20. The van der Waals surface area contributed by atoms with Crippen LogP contribution >= 0.6 is 0 Å². The smallest absolute Gasteiger partial charge is 0.255 e. The molecule has 1 N–H and O–H groups in total. The van der Waals surface area contributed by atoms with E-state index < -0.39 is 10.0 Å². The third-order valence-corrected chi connectivity index (χ3v) is 5.40. The zero-order valence-corrected chi connectivity index (χ0v) is 15.3. The first-order valence-electron chi connectivity index (χ1n) is 8.27. The molecule has 0 radical (unpaired) electrons. The third-order valence-electron chi connectivity index (χ3n) is 4.11. The maximum atomic E-state index is 12.8. The molecule has 0 fully saturated rings. The maximum absolute atomic E-state index is 12.8. The quantitative estimate of drug-likeness (QED) is 0.749. The lowest BCUT2D eigenvalue weighted by Gasteiger charge is -2.26. The molecule has 0 heterocycles. The monoisotopic (exact) mass is 340 g/mol. The lowest BCUT2D eigenvalue weighted by molar-refractivity contribution is 0.0736. The van der Waals surface area contributed by atoms with Crippen LogP contribution in [0.15, 0.2) is 24.3 Å². The van der Waals surface area contributed by atoms with Crippen LogP contribution < -0.4 is 4.72 Å². The van der Waals surface area contributed by atoms with Gasteiger partial charge in [0.15, 0.2) is 0 Å². The molecule has 0 atom stereocenters. The molecule has 0 aromatic heterocycles. The van der Waals surface area contributed by atoms with Crippen LogP contribution in [0.1, 0.15) is 50.9 Å². The number of anilines is 1. The van der Waals surface area contributed by atoms with Gasteiger partial charge in [-0.2, -0.15) is 0 Å². The number of sulfonamides is 1. The number of para-hydroxylation sites is 1. The van der Waals surface area contributed by atoms with E-state index in [0.717, 1.165) is 12.8 Å². The van der Waals surface area contributed by atoms with Crippen LogP contribution in [-0.2, 0) is 10.0 Å². The standard InChI is InChI=1S/C17H28N2O3S/c1-5-14(6-2)13-19(7-3)17(20)15-11-9-10-12-16(15)18-23(21,22)8-4/h9-12,14,18H,5-8,13H2,1-4H3. The van der Waals surface area contributed by atoms with Gasteiger partial charge in [-0.15, -0.1) is 0 Å². The van der Waals surface area contributed by atoms with E-state index in [9.17, 15) is 13.2 Å². The van der Waals surface area contributed by atoms with Crippen molar-refractivity contribution in [3.8, 4) is 0 Å². The van der Waals surface area contributed by atoms with E-state index in [4.69, 9.17) is 0 Å². The van der Waals surface area contributed by atoms with E-state index in [1.807, 2.05) is 6.92 Å². The Morgan fingerprint density at radius 3 is 2.26 bits per heavy atom. The second kappa shape index (κ2) is 8.91. The minimum atomic E-state index is -3.41. The SMILES string of the molecule is CCC(CC)CN(CC)C(=O)c1ccccc1NS(=O)(=O)CC. The fourth-order valence-corrected chi connectivity index (χ4v) is 3.04. The Balaban J connectivity index is 3.06. The number of amides is 1. The van der Waals surface area contributed by atoms with Gasteiger partial charge >= 0.3 is 0 Å². The molecule has 0 aliphatic carbocycles. The summed E-state index contributed by atoms with van der Waals surface area (Å²) in [5, 5.41) is 0. The molecule has 1 rings (SSSR count). The van der Waals surface area contributed by atoms with Gasteiger partial charge in [-0.3, -0.25) is 9.52 Å². The van der Waals surface area contributed by atoms with Crippen molar-refractivity contribution >= 4 is 21.6 Å². The van der Waals surface area contributed by atoms with Crippen molar-refractivity contribution in [3.05, 3.63) is 29.8 Å². The van der Waals surface area contributed by atoms with Gasteiger partial charge < -0.3 is 4.90 Å². The second-order valence-corrected chi connectivity index (χ2v) is 7.59. The molecule has 0 saturated heterocycles. The topological polar surface area (TPSA) is 66.5 Å². The number of rotatable bonds is 9. The Morgan fingerprint density at radius 2 is 1.74 bits per heavy atom. The van der Waals surface area contributed by atoms with Gasteiger partial charge in [0, 0.05) is 13.1 Å². The second-order valence-electron chi connectivity index (χ2n) is 5.58. The predicted octanol–water partition coefficient (Wildman–Crippen LogP) is 3.35. The summed E-state index contributed by atoms with van der Waals surface area (Å²) in [6.07, 6.45) is 2.04. The number of hydrogen-bond donors (Lipinski definition) is 1. The first kappa shape index (κ1) is 19.5. The Labute approximate surface area is 140 Å². The molecule has 6 heteroatoms. The predicted molar refractivity (Wildman–Crippen MR) is 95.2 cm³/mol. The van der Waals surface area contributed by atoms with Crippen molar-refractivity contribution in [2.45, 2.75) is 40.5 Å². The molecule has 1 aromatic carbocycles. The van der Waals surface area contributed by atoms with Gasteiger partial charge in [0.2, 0.25) is 10.0 Å². The lowest BCUT2D eigenvalue weighted by Crippen LogP contribution is -2.35. The zero-order valence-electron chi connectivity index (χ0n) is 14.5. The molecule has 0 aliphatic rings. The molecule has 0 unspecified atom stereocenters. The molecular formula is C17H28N2O3S. The fourth-order valence-electron chi connectivity index (χ4n) is 2.38. The van der Waals surface area contributed by atoms with E-state index in [1.54, 1.807) is 36.1 Å². The molecule has 0 aliphatic heterocycles. The fraction of sp³-hybridized carbons (Fsp3) is 0.588. The van der Waals surface area contributed by atoms with Crippen molar-refractivity contribution in [2.75, 3.05) is 23.6 Å². The van der Waals surface area contributed by atoms with E-state index >= 15 is 0 Å². The number of nitrogens with zero attached hydrogens (tertiary/aromatic N) is 1. The minimum absolute atomic E-state index is 0.0270. The summed E-state index contributed by atoms with van der Waals surface area (Å²) in [7, 11) is -3.41. The Kier molecular flexibility index (Phi) is 7.55. The number of carbonyl (C=O) groups excluding carboxylic acids is 1. The van der Waals surface area contributed by atoms with Gasteiger partial charge in [0.1, 0.15) is 0 Å². The van der Waals surface area contributed by atoms with Crippen LogP contribution in [0.3, 0.4) is 0 Å². The van der Waals surface area contributed by atoms with Crippen molar-refractivity contribution < 1.29 is 13.2 Å². The summed E-state index contributed by atoms with van der Waals surface area (Å²) < 4.78 is 26.1. The van der Waals surface area contributed by atoms with Gasteiger partial charge in [0.25, 0.3) is 5.91 Å². The average molecular weight is 340 g/mol. The first-order valence-corrected chi connectivity index (χ1v) is 9.92. The van der Waals surface area contributed by atoms with E-state index in [2.05, 4.69) is 18.6 Å². The molecule has 0 spiro atoms. The minimum Gasteiger partial charge on any atom is -0.339 e. The van der Waals surface area contributed by atoms with Gasteiger partial charge in [-0.25, -0.2) is 8.42 Å². The highest BCUT2D eigenvalue weighted by atomic mass is 32.2. The molecular weight excluding hydrogens is 312 g/mol. The van der Waals surface area contributed by atoms with E-state index in [0.29, 0.717) is 30.3 Å². The van der Waals surface area contributed by atoms with Gasteiger partial charge in [-0.05, 0) is 31.9 Å². The van der Waals surface area contributed by atoms with Crippen LogP contribution in [0.25, 0.3) is 0 Å². The summed E-state index contributed by atoms with van der Waals surface area (Å²) in [5.41, 5.74) is 0.750. The highest BCUT2D eigenvalue weighted by molar-refractivity contribution is 7.92. The number of hydrogen-bond acceptors (Lipinski definition) is 3. The van der Waals surface area contributed by atoms with Gasteiger partial charge in [-0.1, -0.05) is 38.8 Å². The highest BCUT2D eigenvalue weighted by Gasteiger charge is 2.21. The molecule has 1 aromatic rings. The van der Waals surface area contributed by atoms with Crippen molar-refractivity contribution in [1.29, 1.82) is 0 Å². The summed E-state index contributed by atoms with van der Waals surface area (Å²) in [5.74, 6) is 0.299. The Bertz CT molecular complexity index is 610. The number of benzene rings is 1. The number of nitrogens with one attached hydrogen (secondary N) is 1. The molecule has 0 bridgehead atoms. The zero-order chi connectivity index (χ0) is 17.5. The molecule has 0 saturated carbocycles. The summed E-state index contributed by atoms with van der Waals surface area (Å²) in [4.78, 5) is 14.6. The van der Waals surface area contributed by atoms with Crippen LogP contribution in [0.2, 0.25) is 0 Å². The lowest BCUT2D eigenvalue weighted by atomic mass is 10.0. The Hall–Kier alpha value is -1.56. The van der Waals surface area contributed by atoms with Crippen LogP contribution in [0.4, 0.5) is 5.69 Å². The van der Waals surface area contributed by atoms with Crippen molar-refractivity contribution in [2.24, 2.45) is 5.92 Å². The van der Waals surface area contributed by atoms with Crippen molar-refractivity contribution in [3.63, 3.8) is 0 Å². The molecule has 23 heavy (non-hydrogen) atoms. The molecule has 1 amide bonds. The first-order chi connectivity index (χ1) is 10.9. The van der Waals surface area contributed by atoms with Gasteiger partial charge in [0.05, 0.1) is 17.0 Å². The summed E-state index contributed by atoms with van der Waals surface area (Å²) in [6.45, 7) is 9.05. The van der Waals surface area contributed by atoms with Crippen molar-refractivity contribution in [1.82, 2.24) is 4.90 Å².